The molecule has 4 nitrogen and oxygen atoms in total. The first kappa shape index (κ1) is 16.9. The summed E-state index contributed by atoms with van der Waals surface area (Å²) in [6, 6.07) is 14.0. The average molecular weight is 351 g/mol. The summed E-state index contributed by atoms with van der Waals surface area (Å²) >= 11 is 1.62. The van der Waals surface area contributed by atoms with Gasteiger partial charge in [-0.15, -0.1) is 11.3 Å². The van der Waals surface area contributed by atoms with E-state index in [9.17, 15) is 5.26 Å². The van der Waals surface area contributed by atoms with Crippen LogP contribution in [0.2, 0.25) is 0 Å². The molecule has 2 aromatic carbocycles. The number of methoxy groups -OCH3 is 3. The highest BCUT2D eigenvalue weighted by molar-refractivity contribution is 7.17. The Morgan fingerprint density at radius 3 is 2.44 bits per heavy atom. The SMILES string of the molecule is COc1ccc(C=C(C#N)c2csc3ccccc23)c(OC)c1OC. The van der Waals surface area contributed by atoms with Crippen LogP contribution in [0.25, 0.3) is 21.7 Å². The first-order chi connectivity index (χ1) is 12.2. The molecule has 0 aliphatic carbocycles. The molecule has 0 unspecified atom stereocenters. The van der Waals surface area contributed by atoms with Crippen LogP contribution in [0.1, 0.15) is 11.1 Å². The molecule has 3 rings (SSSR count). The minimum atomic E-state index is 0.506. The average Bonchev–Trinajstić information content (AvgIpc) is 3.09. The van der Waals surface area contributed by atoms with Crippen molar-refractivity contribution in [1.82, 2.24) is 0 Å². The summed E-state index contributed by atoms with van der Waals surface area (Å²) in [6.45, 7) is 0. The van der Waals surface area contributed by atoms with E-state index in [1.54, 1.807) is 38.7 Å². The van der Waals surface area contributed by atoms with E-state index >= 15 is 0 Å². The lowest BCUT2D eigenvalue weighted by Gasteiger charge is -2.14. The summed E-state index contributed by atoms with van der Waals surface area (Å²) in [5.41, 5.74) is 2.25. The van der Waals surface area contributed by atoms with Crippen LogP contribution in [0.3, 0.4) is 0 Å². The number of benzene rings is 2. The van der Waals surface area contributed by atoms with Gasteiger partial charge in [0, 0.05) is 26.6 Å². The molecule has 0 saturated heterocycles. The topological polar surface area (TPSA) is 51.5 Å². The zero-order chi connectivity index (χ0) is 17.8. The molecule has 0 fully saturated rings. The standard InChI is InChI=1S/C20H17NO3S/c1-22-17-9-8-13(19(23-2)20(17)24-3)10-14(11-21)16-12-25-18-7-5-4-6-15(16)18/h4-10,12H,1-3H3. The molecule has 25 heavy (non-hydrogen) atoms. The maximum atomic E-state index is 9.70. The third-order valence-electron chi connectivity index (χ3n) is 3.93. The first-order valence-electron chi connectivity index (χ1n) is 7.60. The third kappa shape index (κ3) is 3.04. The highest BCUT2D eigenvalue weighted by Gasteiger charge is 2.16. The molecule has 0 atom stereocenters. The van der Waals surface area contributed by atoms with Crippen molar-refractivity contribution in [3.63, 3.8) is 0 Å². The van der Waals surface area contributed by atoms with E-state index in [-0.39, 0.29) is 0 Å². The molecule has 0 amide bonds. The molecular weight excluding hydrogens is 334 g/mol. The number of thiophene rings is 1. The van der Waals surface area contributed by atoms with Gasteiger partial charge in [0.05, 0.1) is 33.0 Å². The molecule has 5 heteroatoms. The Morgan fingerprint density at radius 1 is 1.00 bits per heavy atom. The van der Waals surface area contributed by atoms with Gasteiger partial charge in [-0.05, 0) is 24.3 Å². The Hall–Kier alpha value is -2.97. The number of fused-ring (bicyclic) bond motifs is 1. The monoisotopic (exact) mass is 351 g/mol. The predicted octanol–water partition coefficient (Wildman–Crippen LogP) is 4.99. The van der Waals surface area contributed by atoms with Gasteiger partial charge in [-0.2, -0.15) is 5.26 Å². The molecule has 0 radical (unpaired) electrons. The molecule has 1 heterocycles. The van der Waals surface area contributed by atoms with E-state index in [2.05, 4.69) is 12.1 Å². The third-order valence-corrected chi connectivity index (χ3v) is 4.89. The Labute approximate surface area is 150 Å². The number of hydrogen-bond donors (Lipinski definition) is 0. The summed E-state index contributed by atoms with van der Waals surface area (Å²) < 4.78 is 17.4. The number of ether oxygens (including phenoxy) is 3. The zero-order valence-electron chi connectivity index (χ0n) is 14.2. The van der Waals surface area contributed by atoms with Crippen molar-refractivity contribution in [2.75, 3.05) is 21.3 Å². The maximum Gasteiger partial charge on any atom is 0.203 e. The van der Waals surface area contributed by atoms with E-state index in [1.165, 1.54) is 0 Å². The Balaban J connectivity index is 2.17. The lowest BCUT2D eigenvalue weighted by molar-refractivity contribution is 0.324. The molecule has 0 aliphatic heterocycles. The molecule has 1 aromatic heterocycles. The van der Waals surface area contributed by atoms with Crippen molar-refractivity contribution in [3.05, 3.63) is 52.9 Å². The summed E-state index contributed by atoms with van der Waals surface area (Å²) in [6.07, 6.45) is 1.81. The Morgan fingerprint density at radius 2 is 1.76 bits per heavy atom. The molecule has 0 aliphatic rings. The predicted molar refractivity (Wildman–Crippen MR) is 101 cm³/mol. The van der Waals surface area contributed by atoms with E-state index in [0.29, 0.717) is 22.8 Å². The number of rotatable bonds is 5. The second-order valence-electron chi connectivity index (χ2n) is 5.24. The van der Waals surface area contributed by atoms with Gasteiger partial charge in [-0.3, -0.25) is 0 Å². The van der Waals surface area contributed by atoms with Gasteiger partial charge >= 0.3 is 0 Å². The number of nitrogens with zero attached hydrogens (tertiary/aromatic N) is 1. The lowest BCUT2D eigenvalue weighted by atomic mass is 10.0. The fourth-order valence-corrected chi connectivity index (χ4v) is 3.71. The van der Waals surface area contributed by atoms with Crippen LogP contribution in [-0.4, -0.2) is 21.3 Å². The Bertz CT molecular complexity index is 982. The van der Waals surface area contributed by atoms with Crippen molar-refractivity contribution in [1.29, 1.82) is 5.26 Å². The highest BCUT2D eigenvalue weighted by Crippen LogP contribution is 2.41. The van der Waals surface area contributed by atoms with Gasteiger partial charge in [0.15, 0.2) is 11.5 Å². The molecule has 0 spiro atoms. The second kappa shape index (κ2) is 7.29. The van der Waals surface area contributed by atoms with Crippen LogP contribution in [0.5, 0.6) is 17.2 Å². The van der Waals surface area contributed by atoms with E-state index in [1.807, 2.05) is 35.7 Å². The van der Waals surface area contributed by atoms with Crippen molar-refractivity contribution < 1.29 is 14.2 Å². The summed E-state index contributed by atoms with van der Waals surface area (Å²) in [5.74, 6) is 1.62. The van der Waals surface area contributed by atoms with Crippen LogP contribution in [0.15, 0.2) is 41.8 Å². The summed E-state index contributed by atoms with van der Waals surface area (Å²) in [5, 5.41) is 12.8. The van der Waals surface area contributed by atoms with Crippen LogP contribution in [0, 0.1) is 11.3 Å². The van der Waals surface area contributed by atoms with Gasteiger partial charge in [-0.25, -0.2) is 0 Å². The highest BCUT2D eigenvalue weighted by atomic mass is 32.1. The molecule has 126 valence electrons. The largest absolute Gasteiger partial charge is 0.493 e. The molecule has 0 saturated carbocycles. The number of nitriles is 1. The van der Waals surface area contributed by atoms with Crippen molar-refractivity contribution in [2.45, 2.75) is 0 Å². The first-order valence-corrected chi connectivity index (χ1v) is 8.48. The van der Waals surface area contributed by atoms with Crippen LogP contribution in [0.4, 0.5) is 0 Å². The quantitative estimate of drug-likeness (QED) is 0.608. The molecule has 3 aromatic rings. The molecular formula is C20H17NO3S. The molecule has 0 N–H and O–H groups in total. The zero-order valence-corrected chi connectivity index (χ0v) is 15.0. The Kier molecular flexibility index (Phi) is 4.92. The smallest absolute Gasteiger partial charge is 0.203 e. The minimum Gasteiger partial charge on any atom is -0.493 e. The van der Waals surface area contributed by atoms with Gasteiger partial charge in [0.2, 0.25) is 5.75 Å². The summed E-state index contributed by atoms with van der Waals surface area (Å²) in [7, 11) is 4.71. The van der Waals surface area contributed by atoms with Gasteiger partial charge in [0.1, 0.15) is 0 Å². The molecule has 0 bridgehead atoms. The van der Waals surface area contributed by atoms with Crippen molar-refractivity contribution in [2.24, 2.45) is 0 Å². The number of allylic oxidation sites excluding steroid dienone is 1. The fraction of sp³-hybridized carbons (Fsp3) is 0.150. The summed E-state index contributed by atoms with van der Waals surface area (Å²) in [4.78, 5) is 0. The van der Waals surface area contributed by atoms with Gasteiger partial charge in [0.25, 0.3) is 0 Å². The van der Waals surface area contributed by atoms with Crippen molar-refractivity contribution in [3.8, 4) is 23.3 Å². The van der Waals surface area contributed by atoms with E-state index in [4.69, 9.17) is 14.2 Å². The number of hydrogen-bond acceptors (Lipinski definition) is 5. The van der Waals surface area contributed by atoms with Gasteiger partial charge < -0.3 is 14.2 Å². The fourth-order valence-electron chi connectivity index (χ4n) is 2.75. The second-order valence-corrected chi connectivity index (χ2v) is 6.15. The normalized spacial score (nSPS) is 11.2. The van der Waals surface area contributed by atoms with E-state index in [0.717, 1.165) is 21.2 Å². The minimum absolute atomic E-state index is 0.506. The van der Waals surface area contributed by atoms with Crippen LogP contribution >= 0.6 is 11.3 Å². The van der Waals surface area contributed by atoms with Crippen LogP contribution < -0.4 is 14.2 Å². The van der Waals surface area contributed by atoms with Crippen LogP contribution in [-0.2, 0) is 0 Å². The van der Waals surface area contributed by atoms with E-state index < -0.39 is 0 Å². The maximum absolute atomic E-state index is 9.70. The lowest BCUT2D eigenvalue weighted by Crippen LogP contribution is -1.97. The van der Waals surface area contributed by atoms with Gasteiger partial charge in [-0.1, -0.05) is 18.2 Å². The van der Waals surface area contributed by atoms with Crippen molar-refractivity contribution >= 4 is 33.1 Å².